The minimum absolute atomic E-state index is 0.202. The third kappa shape index (κ3) is 3.59. The molecule has 36 heavy (non-hydrogen) atoms. The SMILES string of the molecule is Cc1ccnc(C(C)(C)c2cccc(-c3ccc4c5ccccc5n(-c5ncccc5C)c4c3)c2)c1. The van der Waals surface area contributed by atoms with Crippen LogP contribution in [0.5, 0.6) is 0 Å². The van der Waals surface area contributed by atoms with Crippen molar-refractivity contribution >= 4 is 21.8 Å². The first-order chi connectivity index (χ1) is 17.4. The maximum atomic E-state index is 4.77. The zero-order valence-electron chi connectivity index (χ0n) is 21.2. The van der Waals surface area contributed by atoms with E-state index < -0.39 is 0 Å². The topological polar surface area (TPSA) is 30.7 Å². The predicted molar refractivity (Wildman–Crippen MR) is 150 cm³/mol. The van der Waals surface area contributed by atoms with Gasteiger partial charge in [-0.2, -0.15) is 0 Å². The standard InChI is InChI=1S/C33H29N3/c1-22-16-18-34-31(19-22)33(3,4)26-11-7-10-24(20-26)25-14-15-28-27-12-5-6-13-29(27)36(30(28)21-25)32-23(2)9-8-17-35-32/h5-21H,1-4H3. The molecule has 0 atom stereocenters. The summed E-state index contributed by atoms with van der Waals surface area (Å²) >= 11 is 0. The predicted octanol–water partition coefficient (Wildman–Crippen LogP) is 8.18. The highest BCUT2D eigenvalue weighted by atomic mass is 15.1. The van der Waals surface area contributed by atoms with E-state index in [0.29, 0.717) is 0 Å². The van der Waals surface area contributed by atoms with Crippen molar-refractivity contribution in [3.8, 4) is 16.9 Å². The molecule has 0 spiro atoms. The van der Waals surface area contributed by atoms with Crippen LogP contribution in [0, 0.1) is 13.8 Å². The van der Waals surface area contributed by atoms with E-state index in [9.17, 15) is 0 Å². The third-order valence-corrected chi connectivity index (χ3v) is 7.34. The van der Waals surface area contributed by atoms with E-state index in [1.165, 1.54) is 44.1 Å². The van der Waals surface area contributed by atoms with Crippen molar-refractivity contribution in [2.24, 2.45) is 0 Å². The summed E-state index contributed by atoms with van der Waals surface area (Å²) in [6, 6.07) is 32.6. The van der Waals surface area contributed by atoms with Gasteiger partial charge in [0.15, 0.2) is 0 Å². The molecular formula is C33H29N3. The number of rotatable bonds is 4. The summed E-state index contributed by atoms with van der Waals surface area (Å²) in [5, 5.41) is 2.48. The Hall–Kier alpha value is -4.24. The van der Waals surface area contributed by atoms with Gasteiger partial charge >= 0.3 is 0 Å². The third-order valence-electron chi connectivity index (χ3n) is 7.34. The number of hydrogen-bond acceptors (Lipinski definition) is 2. The molecule has 0 aliphatic rings. The smallest absolute Gasteiger partial charge is 0.140 e. The number of nitrogens with zero attached hydrogens (tertiary/aromatic N) is 3. The van der Waals surface area contributed by atoms with Crippen LogP contribution < -0.4 is 0 Å². The van der Waals surface area contributed by atoms with E-state index in [2.05, 4.69) is 111 Å². The van der Waals surface area contributed by atoms with Crippen LogP contribution in [0.1, 0.15) is 36.2 Å². The molecule has 0 saturated heterocycles. The van der Waals surface area contributed by atoms with Gasteiger partial charge in [-0.3, -0.25) is 9.55 Å². The Bertz CT molecular complexity index is 1740. The molecule has 0 fully saturated rings. The first-order valence-corrected chi connectivity index (χ1v) is 12.4. The maximum Gasteiger partial charge on any atom is 0.140 e. The summed E-state index contributed by atoms with van der Waals surface area (Å²) < 4.78 is 2.30. The van der Waals surface area contributed by atoms with Gasteiger partial charge in [0.25, 0.3) is 0 Å². The largest absolute Gasteiger partial charge is 0.294 e. The van der Waals surface area contributed by atoms with Crippen LogP contribution in [0.3, 0.4) is 0 Å². The lowest BCUT2D eigenvalue weighted by Gasteiger charge is -2.25. The lowest BCUT2D eigenvalue weighted by atomic mass is 9.80. The number of para-hydroxylation sites is 1. The summed E-state index contributed by atoms with van der Waals surface area (Å²) in [6.07, 6.45) is 3.78. The Labute approximate surface area is 212 Å². The molecule has 6 aromatic rings. The fraction of sp³-hybridized carbons (Fsp3) is 0.152. The maximum absolute atomic E-state index is 4.77. The highest BCUT2D eigenvalue weighted by Gasteiger charge is 2.25. The number of benzene rings is 3. The summed E-state index contributed by atoms with van der Waals surface area (Å²) in [5.74, 6) is 0.973. The summed E-state index contributed by atoms with van der Waals surface area (Å²) in [7, 11) is 0. The van der Waals surface area contributed by atoms with Gasteiger partial charge in [-0.1, -0.05) is 74.5 Å². The van der Waals surface area contributed by atoms with Gasteiger partial charge in [-0.15, -0.1) is 0 Å². The molecule has 3 nitrogen and oxygen atoms in total. The summed E-state index contributed by atoms with van der Waals surface area (Å²) in [6.45, 7) is 8.74. The summed E-state index contributed by atoms with van der Waals surface area (Å²) in [4.78, 5) is 9.46. The van der Waals surface area contributed by atoms with Gasteiger partial charge in [0.05, 0.1) is 16.7 Å². The van der Waals surface area contributed by atoms with Crippen molar-refractivity contribution < 1.29 is 0 Å². The molecule has 0 aliphatic carbocycles. The molecule has 3 aromatic heterocycles. The second-order valence-electron chi connectivity index (χ2n) is 10.2. The van der Waals surface area contributed by atoms with Gasteiger partial charge in [0.1, 0.15) is 5.82 Å². The fourth-order valence-electron chi connectivity index (χ4n) is 5.20. The highest BCUT2D eigenvalue weighted by Crippen LogP contribution is 2.37. The van der Waals surface area contributed by atoms with Crippen LogP contribution in [0.25, 0.3) is 38.8 Å². The minimum atomic E-state index is -0.202. The fourth-order valence-corrected chi connectivity index (χ4v) is 5.20. The zero-order valence-corrected chi connectivity index (χ0v) is 21.2. The van der Waals surface area contributed by atoms with E-state index >= 15 is 0 Å². The second kappa shape index (κ2) is 8.46. The molecule has 3 heterocycles. The molecule has 3 heteroatoms. The summed E-state index contributed by atoms with van der Waals surface area (Å²) in [5.41, 5.74) is 9.24. The van der Waals surface area contributed by atoms with Crippen molar-refractivity contribution in [2.75, 3.05) is 0 Å². The Balaban J connectivity index is 1.54. The van der Waals surface area contributed by atoms with E-state index in [-0.39, 0.29) is 5.41 Å². The van der Waals surface area contributed by atoms with Crippen LogP contribution in [-0.2, 0) is 5.41 Å². The van der Waals surface area contributed by atoms with Gasteiger partial charge in [0, 0.05) is 28.6 Å². The number of aryl methyl sites for hydroxylation is 2. The number of aromatic nitrogens is 3. The van der Waals surface area contributed by atoms with Crippen molar-refractivity contribution in [2.45, 2.75) is 33.1 Å². The monoisotopic (exact) mass is 467 g/mol. The van der Waals surface area contributed by atoms with Crippen LogP contribution in [0.4, 0.5) is 0 Å². The molecule has 0 radical (unpaired) electrons. The molecule has 0 aliphatic heterocycles. The average molecular weight is 468 g/mol. The molecule has 176 valence electrons. The Morgan fingerprint density at radius 2 is 1.44 bits per heavy atom. The lowest BCUT2D eigenvalue weighted by Crippen LogP contribution is -2.20. The normalized spacial score (nSPS) is 11.9. The van der Waals surface area contributed by atoms with Crippen LogP contribution in [-0.4, -0.2) is 14.5 Å². The first kappa shape index (κ1) is 22.2. The van der Waals surface area contributed by atoms with Gasteiger partial charge in [-0.05, 0) is 72.0 Å². The van der Waals surface area contributed by atoms with Crippen molar-refractivity contribution in [3.05, 3.63) is 126 Å². The van der Waals surface area contributed by atoms with Crippen molar-refractivity contribution in [1.82, 2.24) is 14.5 Å². The molecule has 6 rings (SSSR count). The Morgan fingerprint density at radius 1 is 0.639 bits per heavy atom. The van der Waals surface area contributed by atoms with E-state index in [4.69, 9.17) is 9.97 Å². The van der Waals surface area contributed by atoms with Crippen molar-refractivity contribution in [1.29, 1.82) is 0 Å². The average Bonchev–Trinajstić information content (AvgIpc) is 3.22. The molecule has 3 aromatic carbocycles. The number of hydrogen-bond donors (Lipinski definition) is 0. The lowest BCUT2D eigenvalue weighted by molar-refractivity contribution is 0.616. The van der Waals surface area contributed by atoms with Crippen LogP contribution >= 0.6 is 0 Å². The minimum Gasteiger partial charge on any atom is -0.294 e. The molecule has 0 amide bonds. The Morgan fingerprint density at radius 3 is 2.28 bits per heavy atom. The highest BCUT2D eigenvalue weighted by molar-refractivity contribution is 6.10. The number of fused-ring (bicyclic) bond motifs is 3. The van der Waals surface area contributed by atoms with E-state index in [0.717, 1.165) is 17.1 Å². The molecule has 0 saturated carbocycles. The zero-order chi connectivity index (χ0) is 24.9. The first-order valence-electron chi connectivity index (χ1n) is 12.4. The molecular weight excluding hydrogens is 438 g/mol. The second-order valence-corrected chi connectivity index (χ2v) is 10.2. The van der Waals surface area contributed by atoms with E-state index in [1.54, 1.807) is 0 Å². The van der Waals surface area contributed by atoms with Crippen LogP contribution in [0.2, 0.25) is 0 Å². The van der Waals surface area contributed by atoms with Crippen LogP contribution in [0.15, 0.2) is 103 Å². The number of pyridine rings is 2. The Kier molecular flexibility index (Phi) is 5.22. The van der Waals surface area contributed by atoms with Gasteiger partial charge in [-0.25, -0.2) is 4.98 Å². The quantitative estimate of drug-likeness (QED) is 0.262. The van der Waals surface area contributed by atoms with E-state index in [1.807, 2.05) is 24.5 Å². The molecule has 0 N–H and O–H groups in total. The molecule has 0 unspecified atom stereocenters. The van der Waals surface area contributed by atoms with Gasteiger partial charge < -0.3 is 0 Å². The molecule has 0 bridgehead atoms. The van der Waals surface area contributed by atoms with Crippen molar-refractivity contribution in [3.63, 3.8) is 0 Å². The van der Waals surface area contributed by atoms with Gasteiger partial charge in [0.2, 0.25) is 0 Å².